The molecular formula is C18H17BrCl2N2O4. The Hall–Kier alpha value is -1.96. The second-order valence-electron chi connectivity index (χ2n) is 5.68. The predicted molar refractivity (Wildman–Crippen MR) is 107 cm³/mol. The number of hydrogen-bond donors (Lipinski definition) is 2. The third kappa shape index (κ3) is 6.61. The Balaban J connectivity index is 1.85. The van der Waals surface area contributed by atoms with Crippen LogP contribution in [0.1, 0.15) is 24.2 Å². The molecule has 0 unspecified atom stereocenters. The molecule has 6 nitrogen and oxygen atoms in total. The van der Waals surface area contributed by atoms with Gasteiger partial charge in [-0.3, -0.25) is 20.4 Å². The second-order valence-corrected chi connectivity index (χ2v) is 7.38. The number of nitrogens with one attached hydrogen (secondary N) is 2. The van der Waals surface area contributed by atoms with Crippen LogP contribution >= 0.6 is 39.1 Å². The lowest BCUT2D eigenvalue weighted by Gasteiger charge is -2.13. The van der Waals surface area contributed by atoms with Gasteiger partial charge < -0.3 is 9.47 Å². The number of hydrogen-bond acceptors (Lipinski definition) is 4. The Kier molecular flexibility index (Phi) is 7.77. The summed E-state index contributed by atoms with van der Waals surface area (Å²) in [5.74, 6) is -0.0936. The average Bonchev–Trinajstić information content (AvgIpc) is 2.60. The fourth-order valence-corrected chi connectivity index (χ4v) is 2.90. The van der Waals surface area contributed by atoms with Crippen LogP contribution in [0, 0.1) is 0 Å². The highest BCUT2D eigenvalue weighted by Gasteiger charge is 2.12. The monoisotopic (exact) mass is 474 g/mol. The van der Waals surface area contributed by atoms with Gasteiger partial charge in [-0.25, -0.2) is 0 Å². The number of ether oxygens (including phenoxy) is 2. The topological polar surface area (TPSA) is 76.7 Å². The van der Waals surface area contributed by atoms with Crippen LogP contribution in [-0.4, -0.2) is 24.5 Å². The first-order valence-electron chi connectivity index (χ1n) is 7.89. The maximum Gasteiger partial charge on any atom is 0.276 e. The van der Waals surface area contributed by atoms with Crippen LogP contribution in [0.5, 0.6) is 11.5 Å². The van der Waals surface area contributed by atoms with Crippen molar-refractivity contribution >= 4 is 50.9 Å². The van der Waals surface area contributed by atoms with Crippen molar-refractivity contribution in [1.82, 2.24) is 10.9 Å². The van der Waals surface area contributed by atoms with Gasteiger partial charge in [-0.15, -0.1) is 0 Å². The van der Waals surface area contributed by atoms with Gasteiger partial charge in [-0.2, -0.15) is 0 Å². The standard InChI is InChI=1S/C18H17BrCl2N2O4/c1-10(2)27-15-5-3-11(7-13(15)19)18(25)23-22-17(24)9-26-16-6-4-12(20)8-14(16)21/h3-8,10H,9H2,1-2H3,(H,22,24)(H,23,25). The average molecular weight is 476 g/mol. The zero-order chi connectivity index (χ0) is 20.0. The summed E-state index contributed by atoms with van der Waals surface area (Å²) in [6.07, 6.45) is 0.00871. The SMILES string of the molecule is CC(C)Oc1ccc(C(=O)NNC(=O)COc2ccc(Cl)cc2Cl)cc1Br. The van der Waals surface area contributed by atoms with Gasteiger partial charge in [0.2, 0.25) is 0 Å². The molecule has 0 heterocycles. The Bertz CT molecular complexity index is 846. The molecule has 2 aromatic carbocycles. The fraction of sp³-hybridized carbons (Fsp3) is 0.222. The number of amides is 2. The molecule has 0 aliphatic heterocycles. The summed E-state index contributed by atoms with van der Waals surface area (Å²) in [5.41, 5.74) is 4.93. The maximum absolute atomic E-state index is 12.1. The summed E-state index contributed by atoms with van der Waals surface area (Å²) >= 11 is 15.1. The van der Waals surface area contributed by atoms with Crippen molar-refractivity contribution in [3.63, 3.8) is 0 Å². The number of hydrazine groups is 1. The van der Waals surface area contributed by atoms with Gasteiger partial charge in [0.25, 0.3) is 11.8 Å². The van der Waals surface area contributed by atoms with E-state index in [9.17, 15) is 9.59 Å². The van der Waals surface area contributed by atoms with Crippen molar-refractivity contribution in [1.29, 1.82) is 0 Å². The van der Waals surface area contributed by atoms with Crippen LogP contribution < -0.4 is 20.3 Å². The van der Waals surface area contributed by atoms with Crippen LogP contribution in [-0.2, 0) is 4.79 Å². The normalized spacial score (nSPS) is 10.4. The van der Waals surface area contributed by atoms with E-state index in [4.69, 9.17) is 32.7 Å². The molecule has 2 aromatic rings. The number of benzene rings is 2. The molecule has 0 atom stereocenters. The largest absolute Gasteiger partial charge is 0.490 e. The van der Waals surface area contributed by atoms with Gasteiger partial charge in [-0.05, 0) is 66.2 Å². The third-order valence-electron chi connectivity index (χ3n) is 3.12. The second kappa shape index (κ2) is 9.82. The van der Waals surface area contributed by atoms with Crippen molar-refractivity contribution in [2.75, 3.05) is 6.61 Å². The molecule has 0 fully saturated rings. The zero-order valence-corrected chi connectivity index (χ0v) is 17.6. The van der Waals surface area contributed by atoms with Crippen LogP contribution in [0.4, 0.5) is 0 Å². The third-order valence-corrected chi connectivity index (χ3v) is 4.28. The molecule has 27 heavy (non-hydrogen) atoms. The Morgan fingerprint density at radius 3 is 2.41 bits per heavy atom. The summed E-state index contributed by atoms with van der Waals surface area (Å²) < 4.78 is 11.5. The highest BCUT2D eigenvalue weighted by molar-refractivity contribution is 9.10. The molecule has 0 aliphatic rings. The van der Waals surface area contributed by atoms with E-state index in [1.54, 1.807) is 30.3 Å². The molecule has 0 saturated heterocycles. The van der Waals surface area contributed by atoms with E-state index >= 15 is 0 Å². The first-order valence-corrected chi connectivity index (χ1v) is 9.44. The lowest BCUT2D eigenvalue weighted by atomic mass is 10.2. The van der Waals surface area contributed by atoms with Crippen molar-refractivity contribution in [2.45, 2.75) is 20.0 Å². The van der Waals surface area contributed by atoms with Crippen LogP contribution in [0.3, 0.4) is 0 Å². The summed E-state index contributed by atoms with van der Waals surface area (Å²) in [5, 5.41) is 0.743. The van der Waals surface area contributed by atoms with E-state index in [0.29, 0.717) is 26.6 Å². The molecule has 0 saturated carbocycles. The molecule has 0 aromatic heterocycles. The van der Waals surface area contributed by atoms with E-state index in [1.165, 1.54) is 6.07 Å². The number of carbonyl (C=O) groups is 2. The first-order chi connectivity index (χ1) is 12.8. The minimum Gasteiger partial charge on any atom is -0.490 e. The molecule has 0 aliphatic carbocycles. The molecule has 144 valence electrons. The Morgan fingerprint density at radius 2 is 1.78 bits per heavy atom. The first kappa shape index (κ1) is 21.3. The number of carbonyl (C=O) groups excluding carboxylic acids is 2. The molecule has 2 N–H and O–H groups in total. The van der Waals surface area contributed by atoms with E-state index in [0.717, 1.165) is 0 Å². The molecule has 0 radical (unpaired) electrons. The smallest absolute Gasteiger partial charge is 0.276 e. The molecule has 9 heteroatoms. The van der Waals surface area contributed by atoms with Crippen molar-refractivity contribution < 1.29 is 19.1 Å². The van der Waals surface area contributed by atoms with Gasteiger partial charge in [0, 0.05) is 10.6 Å². The van der Waals surface area contributed by atoms with Crippen LogP contribution in [0.25, 0.3) is 0 Å². The van der Waals surface area contributed by atoms with E-state index in [-0.39, 0.29) is 17.7 Å². The van der Waals surface area contributed by atoms with Crippen LogP contribution in [0.15, 0.2) is 40.9 Å². The van der Waals surface area contributed by atoms with E-state index in [2.05, 4.69) is 26.8 Å². The molecule has 0 spiro atoms. The maximum atomic E-state index is 12.1. The lowest BCUT2D eigenvalue weighted by molar-refractivity contribution is -0.123. The molecule has 0 bridgehead atoms. The zero-order valence-electron chi connectivity index (χ0n) is 14.5. The minimum absolute atomic E-state index is 0.00871. The molecule has 2 rings (SSSR count). The van der Waals surface area contributed by atoms with Gasteiger partial charge in [0.15, 0.2) is 6.61 Å². The highest BCUT2D eigenvalue weighted by atomic mass is 79.9. The van der Waals surface area contributed by atoms with Gasteiger partial charge in [-0.1, -0.05) is 23.2 Å². The van der Waals surface area contributed by atoms with Crippen LogP contribution in [0.2, 0.25) is 10.0 Å². The number of halogens is 3. The summed E-state index contributed by atoms with van der Waals surface area (Å²) in [4.78, 5) is 24.0. The van der Waals surface area contributed by atoms with Gasteiger partial charge in [0.05, 0.1) is 15.6 Å². The van der Waals surface area contributed by atoms with E-state index < -0.39 is 11.8 Å². The van der Waals surface area contributed by atoms with Crippen molar-refractivity contribution in [2.24, 2.45) is 0 Å². The molecule has 2 amide bonds. The summed E-state index contributed by atoms with van der Waals surface area (Å²) in [7, 11) is 0. The minimum atomic E-state index is -0.548. The van der Waals surface area contributed by atoms with Crippen molar-refractivity contribution in [3.8, 4) is 11.5 Å². The lowest BCUT2D eigenvalue weighted by Crippen LogP contribution is -2.43. The summed E-state index contributed by atoms with van der Waals surface area (Å²) in [6, 6.07) is 9.51. The molecular weight excluding hydrogens is 459 g/mol. The summed E-state index contributed by atoms with van der Waals surface area (Å²) in [6.45, 7) is 3.48. The fourth-order valence-electron chi connectivity index (χ4n) is 1.96. The quantitative estimate of drug-likeness (QED) is 0.607. The van der Waals surface area contributed by atoms with Gasteiger partial charge >= 0.3 is 0 Å². The number of rotatable bonds is 6. The van der Waals surface area contributed by atoms with E-state index in [1.807, 2.05) is 13.8 Å². The predicted octanol–water partition coefficient (Wildman–Crippen LogP) is 4.38. The van der Waals surface area contributed by atoms with Gasteiger partial charge in [0.1, 0.15) is 11.5 Å². The Morgan fingerprint density at radius 1 is 1.07 bits per heavy atom. The highest BCUT2D eigenvalue weighted by Crippen LogP contribution is 2.28. The Labute approximate surface area is 175 Å². The van der Waals surface area contributed by atoms with Crippen molar-refractivity contribution in [3.05, 3.63) is 56.5 Å².